The van der Waals surface area contributed by atoms with E-state index >= 15 is 0 Å². The zero-order valence-corrected chi connectivity index (χ0v) is 11.9. The van der Waals surface area contributed by atoms with Gasteiger partial charge in [0.1, 0.15) is 6.04 Å². The molecule has 0 saturated carbocycles. The molecule has 2 unspecified atom stereocenters. The molecule has 0 aromatic heterocycles. The van der Waals surface area contributed by atoms with Crippen molar-refractivity contribution in [2.24, 2.45) is 0 Å². The summed E-state index contributed by atoms with van der Waals surface area (Å²) in [5.41, 5.74) is 1.68. The Kier molecular flexibility index (Phi) is 6.36. The molecule has 3 N–H and O–H groups in total. The van der Waals surface area contributed by atoms with Crippen LogP contribution in [-0.2, 0) is 11.4 Å². The number of benzene rings is 1. The number of hydrogen-bond donors (Lipinski definition) is 3. The average molecular weight is 264 g/mol. The van der Waals surface area contributed by atoms with Crippen molar-refractivity contribution < 1.29 is 9.90 Å². The van der Waals surface area contributed by atoms with Gasteiger partial charge in [0, 0.05) is 11.7 Å². The number of carbonyl (C=O) groups excluding carboxylic acids is 1. The number of aliphatic hydroxyl groups excluding tert-OH is 1. The van der Waals surface area contributed by atoms with Crippen molar-refractivity contribution >= 4 is 11.6 Å². The molecule has 106 valence electrons. The quantitative estimate of drug-likeness (QED) is 0.708. The lowest BCUT2D eigenvalue weighted by molar-refractivity contribution is -0.122. The lowest BCUT2D eigenvalue weighted by atomic mass is 10.1. The minimum Gasteiger partial charge on any atom is -0.392 e. The van der Waals surface area contributed by atoms with Gasteiger partial charge in [-0.25, -0.2) is 0 Å². The van der Waals surface area contributed by atoms with Gasteiger partial charge in [-0.15, -0.1) is 0 Å². The molecule has 0 saturated heterocycles. The number of hydrogen-bond acceptors (Lipinski definition) is 3. The maximum absolute atomic E-state index is 12.0. The normalized spacial score (nSPS) is 13.7. The van der Waals surface area contributed by atoms with Crippen LogP contribution in [0.4, 0.5) is 5.69 Å². The van der Waals surface area contributed by atoms with Gasteiger partial charge in [0.25, 0.3) is 0 Å². The molecule has 1 rings (SSSR count). The number of nitrogens with one attached hydrogen (secondary N) is 2. The Morgan fingerprint density at radius 3 is 2.74 bits per heavy atom. The van der Waals surface area contributed by atoms with Gasteiger partial charge in [0.2, 0.25) is 5.91 Å². The molecule has 19 heavy (non-hydrogen) atoms. The minimum absolute atomic E-state index is 0.00360. The highest BCUT2D eigenvalue weighted by Crippen LogP contribution is 2.12. The summed E-state index contributed by atoms with van der Waals surface area (Å²) in [6, 6.07) is 7.34. The average Bonchev–Trinajstić information content (AvgIpc) is 2.39. The topological polar surface area (TPSA) is 61.4 Å². The third kappa shape index (κ3) is 5.30. The Morgan fingerprint density at radius 2 is 2.11 bits per heavy atom. The van der Waals surface area contributed by atoms with E-state index in [1.54, 1.807) is 0 Å². The molecule has 1 aromatic rings. The van der Waals surface area contributed by atoms with Gasteiger partial charge < -0.3 is 15.7 Å². The van der Waals surface area contributed by atoms with Crippen LogP contribution in [0, 0.1) is 0 Å². The van der Waals surface area contributed by atoms with Gasteiger partial charge in [-0.1, -0.05) is 25.5 Å². The van der Waals surface area contributed by atoms with Crippen molar-refractivity contribution in [2.45, 2.75) is 52.3 Å². The molecule has 4 heteroatoms. The van der Waals surface area contributed by atoms with Crippen molar-refractivity contribution in [3.63, 3.8) is 0 Å². The van der Waals surface area contributed by atoms with Crippen LogP contribution < -0.4 is 10.6 Å². The number of carbonyl (C=O) groups is 1. The first-order valence-electron chi connectivity index (χ1n) is 6.83. The summed E-state index contributed by atoms with van der Waals surface area (Å²) in [6.45, 7) is 5.95. The molecular formula is C15H24N2O2. The first-order chi connectivity index (χ1) is 9.06. The predicted molar refractivity (Wildman–Crippen MR) is 78.0 cm³/mol. The SMILES string of the molecule is CCCC(C)NC(=O)C(C)Nc1cccc(CO)c1. The predicted octanol–water partition coefficient (Wildman–Crippen LogP) is 2.28. The molecular weight excluding hydrogens is 240 g/mol. The third-order valence-corrected chi connectivity index (χ3v) is 3.00. The van der Waals surface area contributed by atoms with Crippen LogP contribution in [0.1, 0.15) is 39.2 Å². The van der Waals surface area contributed by atoms with Gasteiger partial charge >= 0.3 is 0 Å². The molecule has 0 bridgehead atoms. The molecule has 0 radical (unpaired) electrons. The summed E-state index contributed by atoms with van der Waals surface area (Å²) in [7, 11) is 0. The third-order valence-electron chi connectivity index (χ3n) is 3.00. The standard InChI is InChI=1S/C15H24N2O2/c1-4-6-11(2)16-15(19)12(3)17-14-8-5-7-13(9-14)10-18/h5,7-9,11-12,17-18H,4,6,10H2,1-3H3,(H,16,19). The largest absolute Gasteiger partial charge is 0.392 e. The zero-order chi connectivity index (χ0) is 14.3. The Bertz CT molecular complexity index is 407. The molecule has 0 aliphatic heterocycles. The summed E-state index contributed by atoms with van der Waals surface area (Å²) in [5.74, 6) is -0.00430. The fraction of sp³-hybridized carbons (Fsp3) is 0.533. The Hall–Kier alpha value is -1.55. The Balaban J connectivity index is 2.53. The summed E-state index contributed by atoms with van der Waals surface area (Å²) < 4.78 is 0. The summed E-state index contributed by atoms with van der Waals surface area (Å²) in [4.78, 5) is 12.0. The van der Waals surface area contributed by atoms with E-state index in [1.165, 1.54) is 0 Å². The number of amides is 1. The van der Waals surface area contributed by atoms with E-state index in [4.69, 9.17) is 5.11 Å². The Labute approximate surface area is 115 Å². The summed E-state index contributed by atoms with van der Waals surface area (Å²) in [5, 5.41) is 15.2. The van der Waals surface area contributed by atoms with Crippen LogP contribution in [0.5, 0.6) is 0 Å². The smallest absolute Gasteiger partial charge is 0.242 e. The van der Waals surface area contributed by atoms with Crippen LogP contribution in [0.3, 0.4) is 0 Å². The van der Waals surface area contributed by atoms with Crippen LogP contribution in [-0.4, -0.2) is 23.1 Å². The molecule has 0 aliphatic rings. The van der Waals surface area contributed by atoms with E-state index in [9.17, 15) is 4.79 Å². The van der Waals surface area contributed by atoms with Crippen LogP contribution in [0.2, 0.25) is 0 Å². The van der Waals surface area contributed by atoms with E-state index in [0.29, 0.717) is 0 Å². The number of rotatable bonds is 7. The lowest BCUT2D eigenvalue weighted by Crippen LogP contribution is -2.42. The van der Waals surface area contributed by atoms with Crippen LogP contribution in [0.15, 0.2) is 24.3 Å². The van der Waals surface area contributed by atoms with Crippen molar-refractivity contribution in [1.29, 1.82) is 0 Å². The summed E-state index contributed by atoms with van der Waals surface area (Å²) in [6.07, 6.45) is 2.04. The highest BCUT2D eigenvalue weighted by Gasteiger charge is 2.14. The van der Waals surface area contributed by atoms with Gasteiger partial charge in [-0.05, 0) is 38.0 Å². The van der Waals surface area contributed by atoms with Crippen molar-refractivity contribution in [2.75, 3.05) is 5.32 Å². The molecule has 0 heterocycles. The van der Waals surface area contributed by atoms with E-state index in [2.05, 4.69) is 17.6 Å². The molecule has 0 aliphatic carbocycles. The minimum atomic E-state index is -0.298. The molecule has 4 nitrogen and oxygen atoms in total. The van der Waals surface area contributed by atoms with Crippen LogP contribution in [0.25, 0.3) is 0 Å². The molecule has 1 aromatic carbocycles. The maximum atomic E-state index is 12.0. The fourth-order valence-electron chi connectivity index (χ4n) is 1.95. The van der Waals surface area contributed by atoms with Crippen LogP contribution >= 0.6 is 0 Å². The molecule has 0 spiro atoms. The van der Waals surface area contributed by atoms with Crippen molar-refractivity contribution in [3.05, 3.63) is 29.8 Å². The van der Waals surface area contributed by atoms with Crippen molar-refractivity contribution in [3.8, 4) is 0 Å². The molecule has 0 fully saturated rings. The highest BCUT2D eigenvalue weighted by molar-refractivity contribution is 5.84. The van der Waals surface area contributed by atoms with E-state index in [0.717, 1.165) is 24.1 Å². The van der Waals surface area contributed by atoms with Crippen molar-refractivity contribution in [1.82, 2.24) is 5.32 Å². The summed E-state index contributed by atoms with van der Waals surface area (Å²) >= 11 is 0. The van der Waals surface area contributed by atoms with E-state index in [1.807, 2.05) is 38.1 Å². The first-order valence-corrected chi connectivity index (χ1v) is 6.83. The second-order valence-electron chi connectivity index (χ2n) is 4.92. The number of anilines is 1. The van der Waals surface area contributed by atoms with Gasteiger partial charge in [-0.3, -0.25) is 4.79 Å². The number of aliphatic hydroxyl groups is 1. The maximum Gasteiger partial charge on any atom is 0.242 e. The lowest BCUT2D eigenvalue weighted by Gasteiger charge is -2.19. The van der Waals surface area contributed by atoms with Gasteiger partial charge in [-0.2, -0.15) is 0 Å². The Morgan fingerprint density at radius 1 is 1.37 bits per heavy atom. The van der Waals surface area contributed by atoms with Gasteiger partial charge in [0.15, 0.2) is 0 Å². The monoisotopic (exact) mass is 264 g/mol. The van der Waals surface area contributed by atoms with E-state index < -0.39 is 0 Å². The first kappa shape index (κ1) is 15.5. The zero-order valence-electron chi connectivity index (χ0n) is 11.9. The second kappa shape index (κ2) is 7.79. The highest BCUT2D eigenvalue weighted by atomic mass is 16.3. The molecule has 2 atom stereocenters. The molecule has 1 amide bonds. The fourth-order valence-corrected chi connectivity index (χ4v) is 1.95. The van der Waals surface area contributed by atoms with E-state index in [-0.39, 0.29) is 24.6 Å². The van der Waals surface area contributed by atoms with Gasteiger partial charge in [0.05, 0.1) is 6.61 Å². The second-order valence-corrected chi connectivity index (χ2v) is 4.92.